The standard InChI is InChI=1S/C19H31NS/c1-16(2)12-20-15-19(17-8-7-11-21-17)13-18(14-19)9-5-3-4-6-10-18/h7-8,11,16,20H,3-6,9-10,12-15H2,1-2H3. The molecule has 0 radical (unpaired) electrons. The second-order valence-corrected chi connectivity index (χ2v) is 9.00. The molecule has 2 aliphatic carbocycles. The van der Waals surface area contributed by atoms with Gasteiger partial charge in [-0.25, -0.2) is 0 Å². The fourth-order valence-electron chi connectivity index (χ4n) is 4.78. The van der Waals surface area contributed by atoms with E-state index in [1.807, 2.05) is 11.3 Å². The van der Waals surface area contributed by atoms with Crippen molar-refractivity contribution < 1.29 is 0 Å². The topological polar surface area (TPSA) is 12.0 Å². The van der Waals surface area contributed by atoms with E-state index in [0.717, 1.165) is 12.5 Å². The van der Waals surface area contributed by atoms with Crippen LogP contribution in [0.25, 0.3) is 0 Å². The minimum atomic E-state index is 0.452. The van der Waals surface area contributed by atoms with Gasteiger partial charge in [-0.15, -0.1) is 11.3 Å². The molecule has 2 heteroatoms. The smallest absolute Gasteiger partial charge is 0.0182 e. The van der Waals surface area contributed by atoms with Gasteiger partial charge in [0.05, 0.1) is 0 Å². The first-order valence-electron chi connectivity index (χ1n) is 8.89. The predicted octanol–water partition coefficient (Wildman–Crippen LogP) is 5.37. The van der Waals surface area contributed by atoms with Crippen LogP contribution in [-0.4, -0.2) is 13.1 Å². The van der Waals surface area contributed by atoms with Gasteiger partial charge >= 0.3 is 0 Å². The summed E-state index contributed by atoms with van der Waals surface area (Å²) < 4.78 is 0. The second kappa shape index (κ2) is 6.42. The fraction of sp³-hybridized carbons (Fsp3) is 0.789. The van der Waals surface area contributed by atoms with Gasteiger partial charge in [0, 0.05) is 16.8 Å². The third-order valence-electron chi connectivity index (χ3n) is 5.65. The minimum Gasteiger partial charge on any atom is -0.316 e. The number of thiophene rings is 1. The summed E-state index contributed by atoms with van der Waals surface area (Å²) in [6, 6.07) is 4.62. The Kier molecular flexibility index (Phi) is 4.75. The zero-order valence-electron chi connectivity index (χ0n) is 13.8. The summed E-state index contributed by atoms with van der Waals surface area (Å²) in [4.78, 5) is 1.63. The number of rotatable bonds is 5. The van der Waals surface area contributed by atoms with Gasteiger partial charge in [-0.2, -0.15) is 0 Å². The number of hydrogen-bond donors (Lipinski definition) is 1. The SMILES string of the molecule is CC(C)CNCC1(c2cccs2)CC2(CCCCCC2)C1. The molecule has 1 nitrogen and oxygen atoms in total. The Bertz CT molecular complexity index is 418. The molecule has 3 rings (SSSR count). The van der Waals surface area contributed by atoms with Crippen molar-refractivity contribution in [1.29, 1.82) is 0 Å². The number of nitrogens with one attached hydrogen (secondary N) is 1. The average Bonchev–Trinajstić information content (AvgIpc) is 2.84. The van der Waals surface area contributed by atoms with Crippen LogP contribution in [0.1, 0.15) is 70.1 Å². The van der Waals surface area contributed by atoms with Crippen molar-refractivity contribution in [3.63, 3.8) is 0 Å². The van der Waals surface area contributed by atoms with Crippen LogP contribution < -0.4 is 5.32 Å². The third kappa shape index (κ3) is 3.37. The summed E-state index contributed by atoms with van der Waals surface area (Å²) in [5.74, 6) is 0.748. The van der Waals surface area contributed by atoms with Crippen molar-refractivity contribution >= 4 is 11.3 Å². The largest absolute Gasteiger partial charge is 0.316 e. The predicted molar refractivity (Wildman–Crippen MR) is 93.1 cm³/mol. The van der Waals surface area contributed by atoms with Gasteiger partial charge < -0.3 is 5.32 Å². The molecule has 1 spiro atoms. The quantitative estimate of drug-likeness (QED) is 0.771. The molecule has 0 aromatic carbocycles. The van der Waals surface area contributed by atoms with Crippen LogP contribution >= 0.6 is 11.3 Å². The van der Waals surface area contributed by atoms with E-state index in [4.69, 9.17) is 0 Å². The Labute approximate surface area is 134 Å². The minimum absolute atomic E-state index is 0.452. The molecule has 0 unspecified atom stereocenters. The molecule has 1 aromatic heterocycles. The van der Waals surface area contributed by atoms with Crippen LogP contribution in [0.5, 0.6) is 0 Å². The van der Waals surface area contributed by atoms with Crippen molar-refractivity contribution in [2.75, 3.05) is 13.1 Å². The Morgan fingerprint density at radius 3 is 2.43 bits per heavy atom. The zero-order chi connectivity index (χ0) is 14.8. The second-order valence-electron chi connectivity index (χ2n) is 8.05. The van der Waals surface area contributed by atoms with Gasteiger partial charge in [0.1, 0.15) is 0 Å². The molecule has 0 saturated heterocycles. The van der Waals surface area contributed by atoms with Gasteiger partial charge in [-0.3, -0.25) is 0 Å². The molecule has 0 atom stereocenters. The summed E-state index contributed by atoms with van der Waals surface area (Å²) in [6.45, 7) is 6.95. The van der Waals surface area contributed by atoms with Gasteiger partial charge in [0.15, 0.2) is 0 Å². The molecular weight excluding hydrogens is 274 g/mol. The first-order chi connectivity index (χ1) is 10.1. The van der Waals surface area contributed by atoms with Gasteiger partial charge in [0.2, 0.25) is 0 Å². The highest BCUT2D eigenvalue weighted by Gasteiger charge is 2.54. The van der Waals surface area contributed by atoms with E-state index in [-0.39, 0.29) is 0 Å². The molecule has 1 aromatic rings. The van der Waals surface area contributed by atoms with E-state index in [2.05, 4.69) is 36.7 Å². The first-order valence-corrected chi connectivity index (χ1v) is 9.77. The summed E-state index contributed by atoms with van der Waals surface area (Å²) in [7, 11) is 0. The van der Waals surface area contributed by atoms with Crippen molar-refractivity contribution in [3.05, 3.63) is 22.4 Å². The van der Waals surface area contributed by atoms with Gasteiger partial charge in [-0.1, -0.05) is 45.6 Å². The van der Waals surface area contributed by atoms with E-state index < -0.39 is 0 Å². The summed E-state index contributed by atoms with van der Waals surface area (Å²) >= 11 is 1.98. The maximum Gasteiger partial charge on any atom is 0.0182 e. The summed E-state index contributed by atoms with van der Waals surface area (Å²) in [5.41, 5.74) is 1.15. The monoisotopic (exact) mass is 305 g/mol. The zero-order valence-corrected chi connectivity index (χ0v) is 14.6. The van der Waals surface area contributed by atoms with E-state index >= 15 is 0 Å². The van der Waals surface area contributed by atoms with E-state index in [1.54, 1.807) is 4.88 Å². The highest BCUT2D eigenvalue weighted by Crippen LogP contribution is 2.61. The lowest BCUT2D eigenvalue weighted by atomic mass is 9.49. The molecular formula is C19H31NS. The van der Waals surface area contributed by atoms with E-state index in [0.29, 0.717) is 10.8 Å². The summed E-state index contributed by atoms with van der Waals surface area (Å²) in [5, 5.41) is 6.02. The Hall–Kier alpha value is -0.340. The van der Waals surface area contributed by atoms with Crippen molar-refractivity contribution in [2.45, 2.75) is 70.6 Å². The normalized spacial score (nSPS) is 24.0. The Morgan fingerprint density at radius 2 is 1.86 bits per heavy atom. The lowest BCUT2D eigenvalue weighted by Crippen LogP contribution is -2.54. The van der Waals surface area contributed by atoms with Crippen molar-refractivity contribution in [1.82, 2.24) is 5.32 Å². The molecule has 118 valence electrons. The highest BCUT2D eigenvalue weighted by atomic mass is 32.1. The Morgan fingerprint density at radius 1 is 1.14 bits per heavy atom. The van der Waals surface area contributed by atoms with E-state index in [1.165, 1.54) is 57.9 Å². The maximum absolute atomic E-state index is 3.76. The van der Waals surface area contributed by atoms with Crippen LogP contribution in [0.4, 0.5) is 0 Å². The lowest BCUT2D eigenvalue weighted by molar-refractivity contribution is 0.00804. The summed E-state index contributed by atoms with van der Waals surface area (Å²) in [6.07, 6.45) is 11.7. The van der Waals surface area contributed by atoms with Crippen LogP contribution in [0, 0.1) is 11.3 Å². The van der Waals surface area contributed by atoms with Gasteiger partial charge in [-0.05, 0) is 55.0 Å². The van der Waals surface area contributed by atoms with Crippen LogP contribution in [0.15, 0.2) is 17.5 Å². The molecule has 2 fully saturated rings. The highest BCUT2D eigenvalue weighted by molar-refractivity contribution is 7.10. The first kappa shape index (κ1) is 15.6. The van der Waals surface area contributed by atoms with Crippen LogP contribution in [0.2, 0.25) is 0 Å². The molecule has 2 saturated carbocycles. The Balaban J connectivity index is 1.68. The van der Waals surface area contributed by atoms with Crippen molar-refractivity contribution in [3.8, 4) is 0 Å². The molecule has 0 amide bonds. The fourth-order valence-corrected chi connectivity index (χ4v) is 5.71. The molecule has 1 N–H and O–H groups in total. The molecule has 0 aliphatic heterocycles. The van der Waals surface area contributed by atoms with Crippen molar-refractivity contribution in [2.24, 2.45) is 11.3 Å². The lowest BCUT2D eigenvalue weighted by Gasteiger charge is -2.57. The third-order valence-corrected chi connectivity index (χ3v) is 6.77. The molecule has 1 heterocycles. The van der Waals surface area contributed by atoms with Gasteiger partial charge in [0.25, 0.3) is 0 Å². The molecule has 2 aliphatic rings. The van der Waals surface area contributed by atoms with E-state index in [9.17, 15) is 0 Å². The number of hydrogen-bond acceptors (Lipinski definition) is 2. The molecule has 21 heavy (non-hydrogen) atoms. The maximum atomic E-state index is 3.76. The van der Waals surface area contributed by atoms with Crippen LogP contribution in [0.3, 0.4) is 0 Å². The average molecular weight is 306 g/mol. The molecule has 0 bridgehead atoms. The van der Waals surface area contributed by atoms with Crippen LogP contribution in [-0.2, 0) is 5.41 Å².